The van der Waals surface area contributed by atoms with Gasteiger partial charge in [-0.15, -0.1) is 0 Å². The second-order valence-electron chi connectivity index (χ2n) is 6.18. The maximum absolute atomic E-state index is 12.4. The fraction of sp³-hybridized carbons (Fsp3) is 0.533. The number of amides is 1. The average molecular weight is 324 g/mol. The molecule has 2 bridgehead atoms. The molecule has 2 aliphatic rings. The molecule has 3 N–H and O–H groups in total. The molecule has 1 amide bonds. The summed E-state index contributed by atoms with van der Waals surface area (Å²) in [5, 5.41) is 8.00. The van der Waals surface area contributed by atoms with Gasteiger partial charge in [-0.1, -0.05) is 6.42 Å². The third-order valence-corrected chi connectivity index (χ3v) is 5.74. The first-order valence-electron chi connectivity index (χ1n) is 7.40. The van der Waals surface area contributed by atoms with Crippen molar-refractivity contribution in [3.8, 4) is 5.75 Å². The number of nitrogens with two attached hydrogens (primary N) is 1. The van der Waals surface area contributed by atoms with Crippen LogP contribution in [0.1, 0.15) is 25.7 Å². The molecule has 0 radical (unpaired) electrons. The van der Waals surface area contributed by atoms with Crippen molar-refractivity contribution in [2.75, 3.05) is 12.4 Å². The van der Waals surface area contributed by atoms with Crippen LogP contribution in [0.5, 0.6) is 5.75 Å². The molecule has 2 fully saturated rings. The van der Waals surface area contributed by atoms with Gasteiger partial charge in [0.15, 0.2) is 0 Å². The van der Waals surface area contributed by atoms with Gasteiger partial charge in [0.1, 0.15) is 10.6 Å². The second kappa shape index (κ2) is 5.55. The fourth-order valence-electron chi connectivity index (χ4n) is 3.78. The Bertz CT molecular complexity index is 701. The van der Waals surface area contributed by atoms with E-state index in [2.05, 4.69) is 5.32 Å². The highest BCUT2D eigenvalue weighted by Crippen LogP contribution is 2.48. The smallest absolute Gasteiger partial charge is 0.241 e. The molecule has 22 heavy (non-hydrogen) atoms. The number of fused-ring (bicyclic) bond motifs is 2. The maximum atomic E-state index is 12.4. The van der Waals surface area contributed by atoms with E-state index >= 15 is 0 Å². The SMILES string of the molecule is COc1ccc(NC(=O)C2CC3CCC2C3)cc1S(N)(=O)=O. The number of hydrogen-bond acceptors (Lipinski definition) is 4. The maximum Gasteiger partial charge on any atom is 0.241 e. The van der Waals surface area contributed by atoms with Crippen LogP contribution in [0.15, 0.2) is 23.1 Å². The molecule has 3 rings (SSSR count). The zero-order chi connectivity index (χ0) is 15.9. The number of rotatable bonds is 4. The first-order chi connectivity index (χ1) is 10.4. The number of sulfonamides is 1. The van der Waals surface area contributed by atoms with E-state index in [0.717, 1.165) is 19.3 Å². The lowest BCUT2D eigenvalue weighted by Crippen LogP contribution is -2.27. The van der Waals surface area contributed by atoms with Crippen molar-refractivity contribution in [2.24, 2.45) is 22.9 Å². The molecular formula is C15H20N2O4S. The van der Waals surface area contributed by atoms with Gasteiger partial charge in [0.25, 0.3) is 0 Å². The summed E-state index contributed by atoms with van der Waals surface area (Å²) in [7, 11) is -2.54. The third kappa shape index (κ3) is 2.83. The molecule has 0 spiro atoms. The average Bonchev–Trinajstić information content (AvgIpc) is 3.09. The number of methoxy groups -OCH3 is 1. The summed E-state index contributed by atoms with van der Waals surface area (Å²) in [6, 6.07) is 4.47. The Labute approximate surface area is 130 Å². The summed E-state index contributed by atoms with van der Waals surface area (Å²) in [6.45, 7) is 0. The van der Waals surface area contributed by atoms with Crippen molar-refractivity contribution in [2.45, 2.75) is 30.6 Å². The van der Waals surface area contributed by atoms with E-state index in [1.807, 2.05) is 0 Å². The first-order valence-corrected chi connectivity index (χ1v) is 8.95. The van der Waals surface area contributed by atoms with Crippen LogP contribution in [0.4, 0.5) is 5.69 Å². The van der Waals surface area contributed by atoms with Crippen molar-refractivity contribution in [1.29, 1.82) is 0 Å². The molecule has 3 unspecified atom stereocenters. The summed E-state index contributed by atoms with van der Waals surface area (Å²) in [5.41, 5.74) is 0.428. The summed E-state index contributed by atoms with van der Waals surface area (Å²) in [5.74, 6) is 1.33. The number of benzene rings is 1. The number of ether oxygens (including phenoxy) is 1. The Kier molecular flexibility index (Phi) is 3.86. The van der Waals surface area contributed by atoms with E-state index < -0.39 is 10.0 Å². The quantitative estimate of drug-likeness (QED) is 0.881. The van der Waals surface area contributed by atoms with Gasteiger partial charge >= 0.3 is 0 Å². The molecule has 0 aliphatic heterocycles. The van der Waals surface area contributed by atoms with Crippen molar-refractivity contribution in [1.82, 2.24) is 0 Å². The molecule has 0 aromatic heterocycles. The Hall–Kier alpha value is -1.60. The Balaban J connectivity index is 1.79. The molecule has 0 heterocycles. The number of primary sulfonamides is 1. The van der Waals surface area contributed by atoms with Crippen molar-refractivity contribution in [3.63, 3.8) is 0 Å². The molecule has 2 saturated carbocycles. The second-order valence-corrected chi connectivity index (χ2v) is 7.71. The lowest BCUT2D eigenvalue weighted by molar-refractivity contribution is -0.121. The van der Waals surface area contributed by atoms with Crippen LogP contribution < -0.4 is 15.2 Å². The number of carbonyl (C=O) groups is 1. The summed E-state index contributed by atoms with van der Waals surface area (Å²) in [4.78, 5) is 12.3. The van der Waals surface area contributed by atoms with E-state index in [9.17, 15) is 13.2 Å². The van der Waals surface area contributed by atoms with Gasteiger partial charge in [0.2, 0.25) is 15.9 Å². The minimum Gasteiger partial charge on any atom is -0.495 e. The van der Waals surface area contributed by atoms with Crippen molar-refractivity contribution >= 4 is 21.6 Å². The highest BCUT2D eigenvalue weighted by atomic mass is 32.2. The standard InChI is InChI=1S/C15H20N2O4S/c1-21-13-5-4-11(8-14(13)22(16,19)20)17-15(18)12-7-9-2-3-10(12)6-9/h4-5,8-10,12H,2-3,6-7H2,1H3,(H,17,18)(H2,16,19,20). The summed E-state index contributed by atoms with van der Waals surface area (Å²) < 4.78 is 28.2. The summed E-state index contributed by atoms with van der Waals surface area (Å²) >= 11 is 0. The van der Waals surface area contributed by atoms with E-state index in [1.54, 1.807) is 6.07 Å². The Morgan fingerprint density at radius 1 is 1.32 bits per heavy atom. The molecule has 0 saturated heterocycles. The fourth-order valence-corrected chi connectivity index (χ4v) is 4.50. The van der Waals surface area contributed by atoms with Gasteiger partial charge in [0.05, 0.1) is 7.11 Å². The zero-order valence-corrected chi connectivity index (χ0v) is 13.2. The van der Waals surface area contributed by atoms with Gasteiger partial charge < -0.3 is 10.1 Å². The topological polar surface area (TPSA) is 98.5 Å². The van der Waals surface area contributed by atoms with Crippen LogP contribution in [-0.4, -0.2) is 21.4 Å². The van der Waals surface area contributed by atoms with Gasteiger partial charge in [-0.05, 0) is 49.3 Å². The zero-order valence-electron chi connectivity index (χ0n) is 12.4. The van der Waals surface area contributed by atoms with Gasteiger partial charge in [-0.25, -0.2) is 13.6 Å². The Morgan fingerprint density at radius 2 is 2.09 bits per heavy atom. The van der Waals surface area contributed by atoms with Crippen LogP contribution in [0.25, 0.3) is 0 Å². The normalized spacial score (nSPS) is 26.9. The van der Waals surface area contributed by atoms with Gasteiger partial charge in [-0.3, -0.25) is 4.79 Å². The molecule has 120 valence electrons. The minimum absolute atomic E-state index is 0.0299. The predicted molar refractivity (Wildman–Crippen MR) is 81.9 cm³/mol. The van der Waals surface area contributed by atoms with Crippen LogP contribution in [0.3, 0.4) is 0 Å². The number of carbonyl (C=O) groups excluding carboxylic acids is 1. The van der Waals surface area contributed by atoms with Crippen LogP contribution in [-0.2, 0) is 14.8 Å². The van der Waals surface area contributed by atoms with E-state index in [0.29, 0.717) is 17.5 Å². The number of anilines is 1. The molecule has 1 aromatic carbocycles. The molecule has 1 aromatic rings. The Morgan fingerprint density at radius 3 is 2.64 bits per heavy atom. The minimum atomic E-state index is -3.91. The van der Waals surface area contributed by atoms with E-state index in [4.69, 9.17) is 9.88 Å². The van der Waals surface area contributed by atoms with Gasteiger partial charge in [0, 0.05) is 11.6 Å². The molecule has 3 atom stereocenters. The number of nitrogens with one attached hydrogen (secondary N) is 1. The first kappa shape index (κ1) is 15.3. The monoisotopic (exact) mass is 324 g/mol. The molecular weight excluding hydrogens is 304 g/mol. The van der Waals surface area contributed by atoms with Crippen LogP contribution >= 0.6 is 0 Å². The number of hydrogen-bond donors (Lipinski definition) is 2. The highest BCUT2D eigenvalue weighted by Gasteiger charge is 2.43. The highest BCUT2D eigenvalue weighted by molar-refractivity contribution is 7.89. The summed E-state index contributed by atoms with van der Waals surface area (Å²) in [6.07, 6.45) is 4.43. The largest absolute Gasteiger partial charge is 0.495 e. The van der Waals surface area contributed by atoms with Crippen LogP contribution in [0, 0.1) is 17.8 Å². The molecule has 2 aliphatic carbocycles. The third-order valence-electron chi connectivity index (χ3n) is 4.81. The lowest BCUT2D eigenvalue weighted by Gasteiger charge is -2.21. The lowest BCUT2D eigenvalue weighted by atomic mass is 9.88. The van der Waals surface area contributed by atoms with Crippen LogP contribution in [0.2, 0.25) is 0 Å². The van der Waals surface area contributed by atoms with Gasteiger partial charge in [-0.2, -0.15) is 0 Å². The molecule has 6 nitrogen and oxygen atoms in total. The molecule has 7 heteroatoms. The van der Waals surface area contributed by atoms with Crippen molar-refractivity contribution in [3.05, 3.63) is 18.2 Å². The van der Waals surface area contributed by atoms with Crippen molar-refractivity contribution < 1.29 is 17.9 Å². The predicted octanol–water partition coefficient (Wildman–Crippen LogP) is 1.72. The van der Waals surface area contributed by atoms with E-state index in [-0.39, 0.29) is 22.5 Å². The van der Waals surface area contributed by atoms with E-state index in [1.165, 1.54) is 25.7 Å².